The van der Waals surface area contributed by atoms with Crippen molar-refractivity contribution < 1.29 is 5.11 Å². The van der Waals surface area contributed by atoms with Gasteiger partial charge in [0.25, 0.3) is 0 Å². The van der Waals surface area contributed by atoms with Crippen LogP contribution < -0.4 is 5.73 Å². The Kier molecular flexibility index (Phi) is 2.15. The summed E-state index contributed by atoms with van der Waals surface area (Å²) in [7, 11) is 0. The number of pyridine rings is 1. The van der Waals surface area contributed by atoms with Crippen LogP contribution in [0.1, 0.15) is 10.4 Å². The third-order valence-corrected chi connectivity index (χ3v) is 3.18. The van der Waals surface area contributed by atoms with E-state index in [1.165, 1.54) is 11.3 Å². The Labute approximate surface area is 101 Å². The number of fused-ring (bicyclic) bond motifs is 1. The van der Waals surface area contributed by atoms with Gasteiger partial charge in [0.15, 0.2) is 10.9 Å². The molecule has 6 heteroatoms. The molecule has 2 aromatic rings. The highest BCUT2D eigenvalue weighted by Crippen LogP contribution is 2.34. The van der Waals surface area contributed by atoms with E-state index in [1.54, 1.807) is 18.5 Å². The number of rotatable bonds is 1. The molecule has 3 N–H and O–H groups in total. The van der Waals surface area contributed by atoms with Gasteiger partial charge in [-0.15, -0.1) is 0 Å². The first-order valence-electron chi connectivity index (χ1n) is 4.90. The number of aromatic hydroxyl groups is 1. The molecule has 2 aromatic heterocycles. The number of allylic oxidation sites excluding steroid dienone is 1. The number of anilines is 1. The second kappa shape index (κ2) is 3.67. The Morgan fingerprint density at radius 2 is 2.29 bits per heavy atom. The Balaban J connectivity index is 2.08. The average Bonchev–Trinajstić information content (AvgIpc) is 2.85. The monoisotopic (exact) mass is 244 g/mol. The lowest BCUT2D eigenvalue weighted by Gasteiger charge is -1.96. The normalized spacial score (nSPS) is 15.4. The van der Waals surface area contributed by atoms with E-state index in [2.05, 4.69) is 15.0 Å². The van der Waals surface area contributed by atoms with Crippen LogP contribution in [0.2, 0.25) is 0 Å². The molecule has 0 saturated heterocycles. The van der Waals surface area contributed by atoms with Gasteiger partial charge in [0, 0.05) is 23.5 Å². The molecule has 3 rings (SSSR count). The maximum atomic E-state index is 9.55. The summed E-state index contributed by atoms with van der Waals surface area (Å²) >= 11 is 1.23. The van der Waals surface area contributed by atoms with Gasteiger partial charge in [0.1, 0.15) is 0 Å². The third-order valence-electron chi connectivity index (χ3n) is 2.36. The number of nitrogens with two attached hydrogens (primary N) is 1. The summed E-state index contributed by atoms with van der Waals surface area (Å²) < 4.78 is 0. The molecule has 0 atom stereocenters. The van der Waals surface area contributed by atoms with Gasteiger partial charge in [-0.05, 0) is 18.2 Å². The molecule has 1 aliphatic rings. The summed E-state index contributed by atoms with van der Waals surface area (Å²) in [4.78, 5) is 12.7. The van der Waals surface area contributed by atoms with Crippen molar-refractivity contribution in [2.45, 2.75) is 0 Å². The molecule has 0 bridgehead atoms. The lowest BCUT2D eigenvalue weighted by Crippen LogP contribution is -1.80. The van der Waals surface area contributed by atoms with E-state index in [4.69, 9.17) is 5.73 Å². The number of nitrogen functional groups attached to an aromatic ring is 1. The molecule has 5 nitrogen and oxygen atoms in total. The van der Waals surface area contributed by atoms with Crippen LogP contribution in [-0.4, -0.2) is 21.3 Å². The highest BCUT2D eigenvalue weighted by atomic mass is 32.1. The molecule has 0 radical (unpaired) electrons. The zero-order chi connectivity index (χ0) is 11.8. The van der Waals surface area contributed by atoms with Crippen LogP contribution in [0, 0.1) is 0 Å². The van der Waals surface area contributed by atoms with Gasteiger partial charge in [0.05, 0.1) is 4.88 Å². The summed E-state index contributed by atoms with van der Waals surface area (Å²) in [5.74, 6) is 0.640. The molecule has 0 saturated carbocycles. The molecule has 0 spiro atoms. The largest absolute Gasteiger partial charge is 0.492 e. The minimum absolute atomic E-state index is 0.0502. The zero-order valence-corrected chi connectivity index (χ0v) is 9.48. The number of hydrogen-bond donors (Lipinski definition) is 2. The van der Waals surface area contributed by atoms with E-state index in [0.29, 0.717) is 15.8 Å². The molecular formula is C11H8N4OS. The summed E-state index contributed by atoms with van der Waals surface area (Å²) in [6.45, 7) is 0. The summed E-state index contributed by atoms with van der Waals surface area (Å²) in [5, 5.41) is 9.90. The van der Waals surface area contributed by atoms with E-state index < -0.39 is 0 Å². The van der Waals surface area contributed by atoms with Gasteiger partial charge >= 0.3 is 0 Å². The minimum Gasteiger partial charge on any atom is -0.492 e. The number of nitrogens with zero attached hydrogens (tertiary/aromatic N) is 3. The molecule has 17 heavy (non-hydrogen) atoms. The smallest absolute Gasteiger partial charge is 0.231 e. The number of thiazole rings is 1. The van der Waals surface area contributed by atoms with E-state index in [0.717, 1.165) is 11.1 Å². The molecule has 0 aliphatic carbocycles. The van der Waals surface area contributed by atoms with Gasteiger partial charge in [0.2, 0.25) is 5.88 Å². The quantitative estimate of drug-likeness (QED) is 0.804. The summed E-state index contributed by atoms with van der Waals surface area (Å²) in [6.07, 6.45) is 5.22. The minimum atomic E-state index is -0.0502. The number of aliphatic imine (C=N–C) groups is 1. The summed E-state index contributed by atoms with van der Waals surface area (Å²) in [6, 6.07) is 3.78. The van der Waals surface area contributed by atoms with Crippen molar-refractivity contribution in [1.29, 1.82) is 0 Å². The van der Waals surface area contributed by atoms with Crippen LogP contribution in [0.3, 0.4) is 0 Å². The first-order chi connectivity index (χ1) is 8.24. The zero-order valence-electron chi connectivity index (χ0n) is 8.66. The average molecular weight is 244 g/mol. The Morgan fingerprint density at radius 1 is 1.41 bits per heavy atom. The maximum Gasteiger partial charge on any atom is 0.231 e. The second-order valence-electron chi connectivity index (χ2n) is 3.47. The predicted molar refractivity (Wildman–Crippen MR) is 68.5 cm³/mol. The fourth-order valence-electron chi connectivity index (χ4n) is 1.62. The molecule has 84 valence electrons. The molecule has 3 heterocycles. The topological polar surface area (TPSA) is 84.4 Å². The molecule has 0 unspecified atom stereocenters. The fourth-order valence-corrected chi connectivity index (χ4v) is 2.30. The van der Waals surface area contributed by atoms with Crippen molar-refractivity contribution in [3.63, 3.8) is 0 Å². The van der Waals surface area contributed by atoms with Gasteiger partial charge in [-0.1, -0.05) is 11.3 Å². The van der Waals surface area contributed by atoms with Crippen LogP contribution >= 0.6 is 11.3 Å². The van der Waals surface area contributed by atoms with E-state index in [1.807, 2.05) is 12.1 Å². The highest BCUT2D eigenvalue weighted by molar-refractivity contribution is 7.16. The van der Waals surface area contributed by atoms with Crippen molar-refractivity contribution in [3.05, 3.63) is 28.8 Å². The molecule has 0 fully saturated rings. The fraction of sp³-hybridized carbons (Fsp3) is 0. The van der Waals surface area contributed by atoms with Crippen molar-refractivity contribution >= 4 is 40.1 Å². The van der Waals surface area contributed by atoms with Gasteiger partial charge in [-0.3, -0.25) is 0 Å². The Hall–Kier alpha value is -2.21. The lowest BCUT2D eigenvalue weighted by molar-refractivity contribution is 0.457. The van der Waals surface area contributed by atoms with Crippen LogP contribution in [0.4, 0.5) is 10.9 Å². The van der Waals surface area contributed by atoms with Gasteiger partial charge in [-0.25, -0.2) is 9.98 Å². The van der Waals surface area contributed by atoms with E-state index >= 15 is 0 Å². The third kappa shape index (κ3) is 1.68. The molecule has 1 aliphatic heterocycles. The lowest BCUT2D eigenvalue weighted by atomic mass is 10.1. The molecular weight excluding hydrogens is 236 g/mol. The van der Waals surface area contributed by atoms with Crippen molar-refractivity contribution in [1.82, 2.24) is 9.97 Å². The number of aromatic nitrogens is 2. The predicted octanol–water partition coefficient (Wildman–Crippen LogP) is 2.08. The second-order valence-corrected chi connectivity index (χ2v) is 4.53. The van der Waals surface area contributed by atoms with E-state index in [-0.39, 0.29) is 5.88 Å². The molecule has 0 amide bonds. The first-order valence-corrected chi connectivity index (χ1v) is 5.72. The molecule has 0 aromatic carbocycles. The maximum absolute atomic E-state index is 9.55. The van der Waals surface area contributed by atoms with Crippen LogP contribution in [0.5, 0.6) is 5.88 Å². The Bertz CT molecular complexity index is 645. The van der Waals surface area contributed by atoms with Crippen LogP contribution in [0.25, 0.3) is 11.6 Å². The van der Waals surface area contributed by atoms with Crippen LogP contribution in [-0.2, 0) is 0 Å². The highest BCUT2D eigenvalue weighted by Gasteiger charge is 2.14. The first kappa shape index (κ1) is 9.98. The van der Waals surface area contributed by atoms with Crippen molar-refractivity contribution in [3.8, 4) is 5.88 Å². The van der Waals surface area contributed by atoms with Crippen molar-refractivity contribution in [2.75, 3.05) is 5.73 Å². The van der Waals surface area contributed by atoms with Gasteiger partial charge < -0.3 is 10.8 Å². The Morgan fingerprint density at radius 3 is 3.06 bits per heavy atom. The van der Waals surface area contributed by atoms with Gasteiger partial charge in [-0.2, -0.15) is 4.98 Å². The van der Waals surface area contributed by atoms with Crippen LogP contribution in [0.15, 0.2) is 23.3 Å². The standard InChI is InChI=1S/C11H8N4OS/c12-11-15-10(16)8(17-11)4-6-5-14-9-7(6)2-1-3-13-9/h1-5,16H,(H2,12,15)/b6-4-. The SMILES string of the molecule is Nc1nc(O)c(/C=C2/C=Nc3ncccc32)s1. The number of hydrogen-bond acceptors (Lipinski definition) is 6. The summed E-state index contributed by atoms with van der Waals surface area (Å²) in [5.41, 5.74) is 7.36. The van der Waals surface area contributed by atoms with Crippen molar-refractivity contribution in [2.24, 2.45) is 4.99 Å². The van der Waals surface area contributed by atoms with E-state index in [9.17, 15) is 5.11 Å².